The van der Waals surface area contributed by atoms with Gasteiger partial charge in [0.05, 0.1) is 32.1 Å². The van der Waals surface area contributed by atoms with E-state index >= 15 is 0 Å². The minimum absolute atomic E-state index is 0.207. The highest BCUT2D eigenvalue weighted by Crippen LogP contribution is 2.29. The molecule has 0 aliphatic rings. The molecule has 0 spiro atoms. The van der Waals surface area contributed by atoms with E-state index in [1.54, 1.807) is 73.7 Å². The van der Waals surface area contributed by atoms with Gasteiger partial charge in [0.15, 0.2) is 11.5 Å². The lowest BCUT2D eigenvalue weighted by molar-refractivity contribution is -0.136. The first-order valence-corrected chi connectivity index (χ1v) is 11.3. The van der Waals surface area contributed by atoms with Gasteiger partial charge >= 0.3 is 17.8 Å². The number of benzene rings is 3. The molecule has 0 aromatic heterocycles. The highest BCUT2D eigenvalue weighted by Gasteiger charge is 2.16. The van der Waals surface area contributed by atoms with Crippen molar-refractivity contribution in [2.45, 2.75) is 13.8 Å². The van der Waals surface area contributed by atoms with Crippen molar-refractivity contribution < 1.29 is 33.3 Å². The van der Waals surface area contributed by atoms with Crippen LogP contribution in [0.25, 0.3) is 0 Å². The molecule has 10 nitrogen and oxygen atoms in total. The Kier molecular flexibility index (Phi) is 9.20. The number of hydrogen-bond donors (Lipinski definition) is 2. The highest BCUT2D eigenvalue weighted by molar-refractivity contribution is 6.39. The monoisotopic (exact) mass is 505 g/mol. The topological polar surface area (TPSA) is 125 Å². The van der Waals surface area contributed by atoms with E-state index in [1.807, 2.05) is 6.92 Å². The van der Waals surface area contributed by atoms with E-state index in [9.17, 15) is 14.4 Å². The molecule has 10 heteroatoms. The number of ether oxygens (including phenoxy) is 4. The molecule has 0 aliphatic heterocycles. The van der Waals surface area contributed by atoms with Crippen molar-refractivity contribution >= 4 is 29.2 Å². The summed E-state index contributed by atoms with van der Waals surface area (Å²) in [5.74, 6) is -0.613. The molecule has 0 aliphatic carbocycles. The van der Waals surface area contributed by atoms with Gasteiger partial charge in [-0.3, -0.25) is 9.59 Å². The third-order valence-corrected chi connectivity index (χ3v) is 5.06. The van der Waals surface area contributed by atoms with Gasteiger partial charge in [-0.25, -0.2) is 10.2 Å². The standard InChI is InChI=1S/C27H27N3O7/c1-5-36-22-13-9-20(10-14-22)28-25(31)26(32)30-29-17(2)19-8-15-23(24(16-19)35-4)37-27(33)18-6-11-21(34-3)12-7-18/h6-16H,5H2,1-4H3,(H,28,31)(H,30,32)/b29-17+. The van der Waals surface area contributed by atoms with E-state index in [0.717, 1.165) is 0 Å². The smallest absolute Gasteiger partial charge is 0.343 e. The van der Waals surface area contributed by atoms with Gasteiger partial charge in [-0.2, -0.15) is 5.10 Å². The number of rotatable bonds is 9. The Morgan fingerprint density at radius 2 is 1.43 bits per heavy atom. The van der Waals surface area contributed by atoms with Crippen LogP contribution in [0.15, 0.2) is 71.8 Å². The highest BCUT2D eigenvalue weighted by atomic mass is 16.6. The zero-order valence-corrected chi connectivity index (χ0v) is 20.9. The van der Waals surface area contributed by atoms with E-state index in [-0.39, 0.29) is 11.5 Å². The Bertz CT molecular complexity index is 1290. The minimum atomic E-state index is -0.940. The number of esters is 1. The van der Waals surface area contributed by atoms with Crippen LogP contribution in [0.1, 0.15) is 29.8 Å². The number of hydrazone groups is 1. The maximum Gasteiger partial charge on any atom is 0.343 e. The predicted octanol–water partition coefficient (Wildman–Crippen LogP) is 3.80. The minimum Gasteiger partial charge on any atom is -0.497 e. The average Bonchev–Trinajstić information content (AvgIpc) is 2.92. The normalized spacial score (nSPS) is 10.8. The van der Waals surface area contributed by atoms with Crippen molar-refractivity contribution in [3.8, 4) is 23.0 Å². The Morgan fingerprint density at radius 3 is 2.05 bits per heavy atom. The second kappa shape index (κ2) is 12.7. The molecule has 0 atom stereocenters. The number of nitrogens with one attached hydrogen (secondary N) is 2. The first kappa shape index (κ1) is 26.7. The largest absolute Gasteiger partial charge is 0.497 e. The fourth-order valence-electron chi connectivity index (χ4n) is 3.10. The summed E-state index contributed by atoms with van der Waals surface area (Å²) in [4.78, 5) is 36.8. The second-order valence-electron chi connectivity index (χ2n) is 7.53. The zero-order valence-electron chi connectivity index (χ0n) is 20.9. The Morgan fingerprint density at radius 1 is 0.784 bits per heavy atom. The fraction of sp³-hybridized carbons (Fsp3) is 0.185. The molecule has 2 N–H and O–H groups in total. The molecule has 0 heterocycles. The SMILES string of the molecule is CCOc1ccc(NC(=O)C(=O)N/N=C(\C)c2ccc(OC(=O)c3ccc(OC)cc3)c(OC)c2)cc1. The van der Waals surface area contributed by atoms with Gasteiger partial charge < -0.3 is 24.3 Å². The average molecular weight is 506 g/mol. The summed E-state index contributed by atoms with van der Waals surface area (Å²) in [7, 11) is 2.97. The molecule has 0 radical (unpaired) electrons. The van der Waals surface area contributed by atoms with Crippen molar-refractivity contribution in [2.24, 2.45) is 5.10 Å². The molecule has 37 heavy (non-hydrogen) atoms. The van der Waals surface area contributed by atoms with E-state index in [0.29, 0.717) is 40.6 Å². The van der Waals surface area contributed by atoms with Crippen LogP contribution in [-0.2, 0) is 9.59 Å². The third kappa shape index (κ3) is 7.31. The number of amides is 2. The van der Waals surface area contributed by atoms with E-state index < -0.39 is 17.8 Å². The van der Waals surface area contributed by atoms with Gasteiger partial charge in [0.1, 0.15) is 11.5 Å². The number of methoxy groups -OCH3 is 2. The van der Waals surface area contributed by atoms with Gasteiger partial charge in [0, 0.05) is 11.3 Å². The first-order chi connectivity index (χ1) is 17.8. The van der Waals surface area contributed by atoms with Gasteiger partial charge in [-0.1, -0.05) is 0 Å². The van der Waals surface area contributed by atoms with Crippen molar-refractivity contribution in [3.05, 3.63) is 77.9 Å². The molecule has 192 valence electrons. The number of nitrogens with zero attached hydrogens (tertiary/aromatic N) is 1. The molecule has 0 bridgehead atoms. The molecule has 2 amide bonds. The fourth-order valence-corrected chi connectivity index (χ4v) is 3.10. The summed E-state index contributed by atoms with van der Waals surface area (Å²) in [6.45, 7) is 4.03. The molecule has 3 aromatic rings. The van der Waals surface area contributed by atoms with Crippen LogP contribution in [-0.4, -0.2) is 44.3 Å². The number of carbonyl (C=O) groups excluding carboxylic acids is 3. The molecular weight excluding hydrogens is 478 g/mol. The van der Waals surface area contributed by atoms with Crippen LogP contribution in [0.5, 0.6) is 23.0 Å². The summed E-state index contributed by atoms with van der Waals surface area (Å²) < 4.78 is 21.2. The summed E-state index contributed by atoms with van der Waals surface area (Å²) in [6, 6.07) is 17.9. The molecule has 3 aromatic carbocycles. The van der Waals surface area contributed by atoms with Gasteiger partial charge in [-0.15, -0.1) is 0 Å². The van der Waals surface area contributed by atoms with Crippen LogP contribution < -0.4 is 29.7 Å². The zero-order chi connectivity index (χ0) is 26.8. The number of anilines is 1. The third-order valence-electron chi connectivity index (χ3n) is 5.06. The molecule has 0 saturated carbocycles. The maximum absolute atomic E-state index is 12.5. The maximum atomic E-state index is 12.5. The van der Waals surface area contributed by atoms with Crippen LogP contribution >= 0.6 is 0 Å². The summed E-state index contributed by atoms with van der Waals surface area (Å²) in [5.41, 5.74) is 3.98. The molecule has 0 unspecified atom stereocenters. The molecule has 3 rings (SSSR count). The van der Waals surface area contributed by atoms with Crippen molar-refractivity contribution in [2.75, 3.05) is 26.1 Å². The van der Waals surface area contributed by atoms with Gasteiger partial charge in [-0.05, 0) is 80.6 Å². The van der Waals surface area contributed by atoms with Gasteiger partial charge in [0.25, 0.3) is 0 Å². The van der Waals surface area contributed by atoms with Crippen LogP contribution in [0.4, 0.5) is 5.69 Å². The van der Waals surface area contributed by atoms with E-state index in [1.165, 1.54) is 14.2 Å². The lowest BCUT2D eigenvalue weighted by atomic mass is 10.1. The first-order valence-electron chi connectivity index (χ1n) is 11.3. The molecular formula is C27H27N3O7. The Balaban J connectivity index is 1.62. The van der Waals surface area contributed by atoms with Crippen molar-refractivity contribution in [1.29, 1.82) is 0 Å². The van der Waals surface area contributed by atoms with E-state index in [2.05, 4.69) is 15.8 Å². The van der Waals surface area contributed by atoms with E-state index in [4.69, 9.17) is 18.9 Å². The summed E-state index contributed by atoms with van der Waals surface area (Å²) in [5, 5.41) is 6.47. The van der Waals surface area contributed by atoms with Crippen molar-refractivity contribution in [3.63, 3.8) is 0 Å². The predicted molar refractivity (Wildman–Crippen MR) is 138 cm³/mol. The number of hydrogen-bond acceptors (Lipinski definition) is 8. The molecule has 0 fully saturated rings. The van der Waals surface area contributed by atoms with Gasteiger partial charge in [0.2, 0.25) is 0 Å². The van der Waals surface area contributed by atoms with Crippen LogP contribution in [0.3, 0.4) is 0 Å². The lowest BCUT2D eigenvalue weighted by Gasteiger charge is -2.11. The van der Waals surface area contributed by atoms with Crippen LogP contribution in [0, 0.1) is 0 Å². The lowest BCUT2D eigenvalue weighted by Crippen LogP contribution is -2.32. The summed E-state index contributed by atoms with van der Waals surface area (Å²) in [6.07, 6.45) is 0. The Hall–Kier alpha value is -4.86. The van der Waals surface area contributed by atoms with Crippen molar-refractivity contribution in [1.82, 2.24) is 5.43 Å². The van der Waals surface area contributed by atoms with Crippen LogP contribution in [0.2, 0.25) is 0 Å². The second-order valence-corrected chi connectivity index (χ2v) is 7.53. The molecule has 0 saturated heterocycles. The quantitative estimate of drug-likeness (QED) is 0.149. The Labute approximate surface area is 214 Å². The number of carbonyl (C=O) groups is 3. The summed E-state index contributed by atoms with van der Waals surface area (Å²) >= 11 is 0.